The molecule has 2 N–H and O–H groups in total. The number of nitrogens with one attached hydrogen (secondary N) is 1. The van der Waals surface area contributed by atoms with Crippen LogP contribution in [0.15, 0.2) is 6.20 Å². The molecule has 26 heavy (non-hydrogen) atoms. The predicted octanol–water partition coefficient (Wildman–Crippen LogP) is 2.12. The number of carboxylic acid groups (broad SMARTS) is 1. The minimum absolute atomic E-state index is 0.0798. The number of carboxylic acids is 1. The number of carbonyl (C=O) groups excluding carboxylic acids is 3. The molecule has 0 atom stereocenters. The molecule has 0 unspecified atom stereocenters. The third-order valence-corrected chi connectivity index (χ3v) is 4.76. The molecule has 0 aliphatic rings. The van der Waals surface area contributed by atoms with E-state index in [0.29, 0.717) is 10.4 Å². The van der Waals surface area contributed by atoms with Crippen LogP contribution in [0, 0.1) is 6.92 Å². The summed E-state index contributed by atoms with van der Waals surface area (Å²) in [5.74, 6) is -3.04. The number of carbonyl (C=O) groups is 4. The van der Waals surface area contributed by atoms with Gasteiger partial charge in [-0.2, -0.15) is 5.10 Å². The zero-order chi connectivity index (χ0) is 19.6. The standard InChI is InChI=1S/C16H17N3O6S/c1-5-25-16(24)10-7(2)12(8(3)20)26-14(10)17-13(21)9-6-19(4)18-11(9)15(22)23/h6H,5H2,1-4H3,(H,17,21)(H,22,23). The monoisotopic (exact) mass is 379 g/mol. The number of amides is 1. The second kappa shape index (κ2) is 7.48. The van der Waals surface area contributed by atoms with Gasteiger partial charge in [-0.15, -0.1) is 11.3 Å². The molecule has 0 aliphatic carbocycles. The first kappa shape index (κ1) is 19.3. The second-order valence-corrected chi connectivity index (χ2v) is 6.38. The molecule has 0 spiro atoms. The van der Waals surface area contributed by atoms with E-state index in [4.69, 9.17) is 9.84 Å². The average molecular weight is 379 g/mol. The van der Waals surface area contributed by atoms with Crippen LogP contribution in [-0.4, -0.2) is 45.1 Å². The van der Waals surface area contributed by atoms with Gasteiger partial charge in [0.25, 0.3) is 5.91 Å². The van der Waals surface area contributed by atoms with Crippen LogP contribution in [0.25, 0.3) is 0 Å². The highest BCUT2D eigenvalue weighted by atomic mass is 32.1. The lowest BCUT2D eigenvalue weighted by atomic mass is 10.1. The normalized spacial score (nSPS) is 10.5. The maximum absolute atomic E-state index is 12.5. The molecule has 2 aromatic heterocycles. The molecule has 2 aromatic rings. The Morgan fingerprint density at radius 1 is 1.35 bits per heavy atom. The van der Waals surface area contributed by atoms with Gasteiger partial charge in [0, 0.05) is 13.2 Å². The van der Waals surface area contributed by atoms with Gasteiger partial charge >= 0.3 is 11.9 Å². The third kappa shape index (κ3) is 3.64. The number of nitrogens with zero attached hydrogens (tertiary/aromatic N) is 2. The average Bonchev–Trinajstić information content (AvgIpc) is 3.08. The second-order valence-electron chi connectivity index (χ2n) is 5.36. The molecule has 138 valence electrons. The van der Waals surface area contributed by atoms with Crippen LogP contribution in [-0.2, 0) is 11.8 Å². The van der Waals surface area contributed by atoms with E-state index < -0.39 is 23.5 Å². The van der Waals surface area contributed by atoms with Crippen LogP contribution in [0.3, 0.4) is 0 Å². The molecular formula is C16H17N3O6S. The summed E-state index contributed by atoms with van der Waals surface area (Å²) in [7, 11) is 1.48. The number of aryl methyl sites for hydroxylation is 1. The van der Waals surface area contributed by atoms with Crippen LogP contribution in [0.5, 0.6) is 0 Å². The maximum atomic E-state index is 12.5. The van der Waals surface area contributed by atoms with Gasteiger partial charge in [0.05, 0.1) is 22.6 Å². The van der Waals surface area contributed by atoms with E-state index in [2.05, 4.69) is 10.4 Å². The maximum Gasteiger partial charge on any atom is 0.357 e. The molecule has 0 radical (unpaired) electrons. The van der Waals surface area contributed by atoms with Gasteiger partial charge in [-0.05, 0) is 26.3 Å². The number of ether oxygens (including phenoxy) is 1. The van der Waals surface area contributed by atoms with E-state index in [0.717, 1.165) is 11.3 Å². The van der Waals surface area contributed by atoms with Crippen LogP contribution >= 0.6 is 11.3 Å². The van der Waals surface area contributed by atoms with E-state index in [-0.39, 0.29) is 28.5 Å². The number of anilines is 1. The lowest BCUT2D eigenvalue weighted by Gasteiger charge is -2.06. The van der Waals surface area contributed by atoms with E-state index in [1.54, 1.807) is 13.8 Å². The molecule has 0 fully saturated rings. The SMILES string of the molecule is CCOC(=O)c1c(NC(=O)c2cn(C)nc2C(=O)O)sc(C(C)=O)c1C. The van der Waals surface area contributed by atoms with Crippen molar-refractivity contribution in [3.63, 3.8) is 0 Å². The van der Waals surface area contributed by atoms with Crippen molar-refractivity contribution in [2.45, 2.75) is 20.8 Å². The van der Waals surface area contributed by atoms with Crippen LogP contribution < -0.4 is 5.32 Å². The molecule has 10 heteroatoms. The zero-order valence-electron chi connectivity index (χ0n) is 14.6. The van der Waals surface area contributed by atoms with Gasteiger partial charge in [-0.25, -0.2) is 9.59 Å². The molecule has 0 saturated heterocycles. The van der Waals surface area contributed by atoms with Crippen molar-refractivity contribution in [2.24, 2.45) is 7.05 Å². The van der Waals surface area contributed by atoms with Crippen molar-refractivity contribution in [2.75, 3.05) is 11.9 Å². The highest BCUT2D eigenvalue weighted by Crippen LogP contribution is 2.34. The van der Waals surface area contributed by atoms with Gasteiger partial charge in [0.15, 0.2) is 11.5 Å². The summed E-state index contributed by atoms with van der Waals surface area (Å²) in [6, 6.07) is 0. The zero-order valence-corrected chi connectivity index (χ0v) is 15.4. The first-order chi connectivity index (χ1) is 12.2. The van der Waals surface area contributed by atoms with Gasteiger partial charge in [0.1, 0.15) is 5.00 Å². The van der Waals surface area contributed by atoms with E-state index in [9.17, 15) is 19.2 Å². The van der Waals surface area contributed by atoms with Crippen molar-refractivity contribution in [3.8, 4) is 0 Å². The van der Waals surface area contributed by atoms with Gasteiger partial charge < -0.3 is 15.2 Å². The minimum Gasteiger partial charge on any atom is -0.476 e. The van der Waals surface area contributed by atoms with Crippen molar-refractivity contribution in [1.82, 2.24) is 9.78 Å². The lowest BCUT2D eigenvalue weighted by Crippen LogP contribution is -2.17. The predicted molar refractivity (Wildman–Crippen MR) is 93.1 cm³/mol. The molecule has 0 aliphatic heterocycles. The number of aromatic carboxylic acids is 1. The molecule has 9 nitrogen and oxygen atoms in total. The molecule has 1 amide bonds. The Labute approximate surface area is 152 Å². The molecule has 2 heterocycles. The third-order valence-electron chi connectivity index (χ3n) is 3.45. The number of hydrogen-bond acceptors (Lipinski definition) is 7. The summed E-state index contributed by atoms with van der Waals surface area (Å²) in [6.45, 7) is 4.70. The fraction of sp³-hybridized carbons (Fsp3) is 0.312. The topological polar surface area (TPSA) is 128 Å². The molecular weight excluding hydrogens is 362 g/mol. The molecule has 0 saturated carbocycles. The molecule has 2 rings (SSSR count). The fourth-order valence-electron chi connectivity index (χ4n) is 2.37. The van der Waals surface area contributed by atoms with E-state index >= 15 is 0 Å². The lowest BCUT2D eigenvalue weighted by molar-refractivity contribution is 0.0526. The Kier molecular flexibility index (Phi) is 5.56. The largest absolute Gasteiger partial charge is 0.476 e. The van der Waals surface area contributed by atoms with Gasteiger partial charge in [0.2, 0.25) is 0 Å². The molecule has 0 aromatic carbocycles. The summed E-state index contributed by atoms with van der Waals surface area (Å²) in [5, 5.41) is 15.5. The van der Waals surface area contributed by atoms with E-state index in [1.165, 1.54) is 24.9 Å². The molecule has 0 bridgehead atoms. The summed E-state index contributed by atoms with van der Waals surface area (Å²) in [6.07, 6.45) is 1.26. The number of Topliss-reactive ketones (excluding diaryl/α,β-unsaturated/α-hetero) is 1. The number of esters is 1. The summed E-state index contributed by atoms with van der Waals surface area (Å²) >= 11 is 0.936. The first-order valence-electron chi connectivity index (χ1n) is 7.57. The van der Waals surface area contributed by atoms with Crippen molar-refractivity contribution >= 4 is 40.0 Å². The summed E-state index contributed by atoms with van der Waals surface area (Å²) < 4.78 is 6.19. The van der Waals surface area contributed by atoms with Crippen molar-refractivity contribution < 1.29 is 29.0 Å². The Morgan fingerprint density at radius 3 is 2.54 bits per heavy atom. The quantitative estimate of drug-likeness (QED) is 0.581. The van der Waals surface area contributed by atoms with Gasteiger partial charge in [-0.3, -0.25) is 14.3 Å². The van der Waals surface area contributed by atoms with Crippen molar-refractivity contribution in [1.29, 1.82) is 0 Å². The van der Waals surface area contributed by atoms with Crippen LogP contribution in [0.4, 0.5) is 5.00 Å². The van der Waals surface area contributed by atoms with Gasteiger partial charge in [-0.1, -0.05) is 0 Å². The summed E-state index contributed by atoms with van der Waals surface area (Å²) in [4.78, 5) is 48.1. The fourth-order valence-corrected chi connectivity index (χ4v) is 3.45. The van der Waals surface area contributed by atoms with Crippen LogP contribution in [0.2, 0.25) is 0 Å². The highest BCUT2D eigenvalue weighted by Gasteiger charge is 2.27. The number of hydrogen-bond donors (Lipinski definition) is 2. The van der Waals surface area contributed by atoms with Crippen LogP contribution in [0.1, 0.15) is 60.3 Å². The smallest absolute Gasteiger partial charge is 0.357 e. The Hall–Kier alpha value is -3.01. The van der Waals surface area contributed by atoms with Crippen molar-refractivity contribution in [3.05, 3.63) is 33.5 Å². The Balaban J connectivity index is 2.47. The number of rotatable bonds is 6. The first-order valence-corrected chi connectivity index (χ1v) is 8.38. The van der Waals surface area contributed by atoms with E-state index in [1.807, 2.05) is 0 Å². The minimum atomic E-state index is -1.35. The summed E-state index contributed by atoms with van der Waals surface area (Å²) in [5.41, 5.74) is -0.0925. The highest BCUT2D eigenvalue weighted by molar-refractivity contribution is 7.18. The number of aromatic nitrogens is 2. The number of thiophene rings is 1. The Bertz CT molecular complexity index is 911. The number of ketones is 1. The Morgan fingerprint density at radius 2 is 2.00 bits per heavy atom.